The predicted molar refractivity (Wildman–Crippen MR) is 84.5 cm³/mol. The van der Waals surface area contributed by atoms with Crippen LogP contribution in [0.5, 0.6) is 5.75 Å². The number of aliphatic hydroxyl groups excluding tert-OH is 1. The molecule has 0 aliphatic heterocycles. The number of ether oxygens (including phenoxy) is 1. The molecule has 0 aliphatic rings. The maximum atomic E-state index is 12.1. The van der Waals surface area contributed by atoms with Crippen molar-refractivity contribution in [2.24, 2.45) is 5.41 Å². The van der Waals surface area contributed by atoms with Crippen LogP contribution < -0.4 is 15.8 Å². The van der Waals surface area contributed by atoms with Gasteiger partial charge in [-0.15, -0.1) is 0 Å². The minimum absolute atomic E-state index is 0.0464. The van der Waals surface area contributed by atoms with Gasteiger partial charge >= 0.3 is 0 Å². The van der Waals surface area contributed by atoms with E-state index in [1.807, 2.05) is 6.92 Å². The highest BCUT2D eigenvalue weighted by Crippen LogP contribution is 2.23. The zero-order valence-corrected chi connectivity index (χ0v) is 13.1. The minimum atomic E-state index is -0.151. The monoisotopic (exact) mass is 294 g/mol. The van der Waals surface area contributed by atoms with E-state index >= 15 is 0 Å². The average molecular weight is 294 g/mol. The molecular weight excluding hydrogens is 268 g/mol. The molecule has 0 bridgehead atoms. The molecule has 0 atom stereocenters. The van der Waals surface area contributed by atoms with Crippen molar-refractivity contribution in [3.05, 3.63) is 23.8 Å². The van der Waals surface area contributed by atoms with Gasteiger partial charge in [-0.25, -0.2) is 0 Å². The Morgan fingerprint density at radius 1 is 1.43 bits per heavy atom. The van der Waals surface area contributed by atoms with Gasteiger partial charge in [-0.2, -0.15) is 0 Å². The minimum Gasteiger partial charge on any atom is -0.492 e. The molecule has 0 aromatic heterocycles. The van der Waals surface area contributed by atoms with E-state index in [2.05, 4.69) is 19.2 Å². The highest BCUT2D eigenvalue weighted by atomic mass is 16.5. The zero-order valence-electron chi connectivity index (χ0n) is 13.1. The molecule has 0 spiro atoms. The lowest BCUT2D eigenvalue weighted by Gasteiger charge is -2.24. The number of nitrogens with two attached hydrogens (primary N) is 1. The van der Waals surface area contributed by atoms with Gasteiger partial charge in [-0.1, -0.05) is 13.8 Å². The standard InChI is InChI=1S/C16H26N2O3/c1-4-21-14-7-6-12(10-13(14)17)15(20)18-11-16(2,3)8-5-9-19/h6-7,10,19H,4-5,8-9,11,17H2,1-3H3,(H,18,20). The summed E-state index contributed by atoms with van der Waals surface area (Å²) < 4.78 is 5.35. The lowest BCUT2D eigenvalue weighted by atomic mass is 9.88. The molecule has 4 N–H and O–H groups in total. The maximum Gasteiger partial charge on any atom is 0.251 e. The van der Waals surface area contributed by atoms with Crippen molar-refractivity contribution in [3.8, 4) is 5.75 Å². The number of carbonyl (C=O) groups is 1. The van der Waals surface area contributed by atoms with Crippen molar-refractivity contribution >= 4 is 11.6 Å². The Morgan fingerprint density at radius 3 is 2.71 bits per heavy atom. The lowest BCUT2D eigenvalue weighted by Crippen LogP contribution is -2.34. The molecule has 0 saturated heterocycles. The predicted octanol–water partition coefficient (Wildman–Crippen LogP) is 2.20. The molecule has 5 nitrogen and oxygen atoms in total. The Labute approximate surface area is 126 Å². The van der Waals surface area contributed by atoms with Gasteiger partial charge in [0.2, 0.25) is 0 Å². The normalized spacial score (nSPS) is 11.2. The number of nitrogen functional groups attached to an aromatic ring is 1. The third kappa shape index (κ3) is 5.63. The molecule has 0 radical (unpaired) electrons. The van der Waals surface area contributed by atoms with E-state index in [0.29, 0.717) is 30.2 Å². The molecule has 21 heavy (non-hydrogen) atoms. The molecule has 1 aromatic carbocycles. The summed E-state index contributed by atoms with van der Waals surface area (Å²) >= 11 is 0. The average Bonchev–Trinajstić information content (AvgIpc) is 2.45. The fourth-order valence-corrected chi connectivity index (χ4v) is 2.04. The molecule has 1 rings (SSSR count). The van der Waals surface area contributed by atoms with Gasteiger partial charge in [0, 0.05) is 18.7 Å². The molecule has 0 heterocycles. The molecule has 0 unspecified atom stereocenters. The lowest BCUT2D eigenvalue weighted by molar-refractivity contribution is 0.0933. The number of carbonyl (C=O) groups excluding carboxylic acids is 1. The van der Waals surface area contributed by atoms with E-state index < -0.39 is 0 Å². The fourth-order valence-electron chi connectivity index (χ4n) is 2.04. The SMILES string of the molecule is CCOc1ccc(C(=O)NCC(C)(C)CCCO)cc1N. The summed E-state index contributed by atoms with van der Waals surface area (Å²) in [7, 11) is 0. The summed E-state index contributed by atoms with van der Waals surface area (Å²) in [6.07, 6.45) is 1.59. The number of hydrogen-bond donors (Lipinski definition) is 3. The first kappa shape index (κ1) is 17.3. The van der Waals surface area contributed by atoms with Crippen LogP contribution in [0.3, 0.4) is 0 Å². The quantitative estimate of drug-likeness (QED) is 0.642. The topological polar surface area (TPSA) is 84.6 Å². The Balaban J connectivity index is 2.61. The van der Waals surface area contributed by atoms with Crippen LogP contribution in [0.1, 0.15) is 44.0 Å². The van der Waals surface area contributed by atoms with Crippen molar-refractivity contribution in [1.29, 1.82) is 0 Å². The van der Waals surface area contributed by atoms with Gasteiger partial charge in [-0.05, 0) is 43.4 Å². The van der Waals surface area contributed by atoms with Crippen molar-refractivity contribution < 1.29 is 14.6 Å². The van der Waals surface area contributed by atoms with E-state index in [1.54, 1.807) is 18.2 Å². The smallest absolute Gasteiger partial charge is 0.251 e. The fraction of sp³-hybridized carbons (Fsp3) is 0.562. The number of benzene rings is 1. The van der Waals surface area contributed by atoms with Crippen LogP contribution in [0.15, 0.2) is 18.2 Å². The summed E-state index contributed by atoms with van der Waals surface area (Å²) in [6, 6.07) is 5.04. The first-order chi connectivity index (χ1) is 9.89. The maximum absolute atomic E-state index is 12.1. The van der Waals surface area contributed by atoms with Crippen LogP contribution in [-0.4, -0.2) is 30.8 Å². The Kier molecular flexibility index (Phi) is 6.49. The first-order valence-electron chi connectivity index (χ1n) is 7.31. The second-order valence-corrected chi connectivity index (χ2v) is 5.86. The molecule has 1 amide bonds. The Hall–Kier alpha value is -1.75. The van der Waals surface area contributed by atoms with Crippen molar-refractivity contribution in [2.75, 3.05) is 25.5 Å². The Morgan fingerprint density at radius 2 is 2.14 bits per heavy atom. The summed E-state index contributed by atoms with van der Waals surface area (Å²) in [5.41, 5.74) is 6.80. The van der Waals surface area contributed by atoms with Gasteiger partial charge < -0.3 is 20.9 Å². The second kappa shape index (κ2) is 7.88. The summed E-state index contributed by atoms with van der Waals surface area (Å²) in [6.45, 7) is 7.28. The number of amides is 1. The number of aliphatic hydroxyl groups is 1. The van der Waals surface area contributed by atoms with Gasteiger partial charge in [0.05, 0.1) is 12.3 Å². The molecular formula is C16H26N2O3. The van der Waals surface area contributed by atoms with Crippen LogP contribution in [0.4, 0.5) is 5.69 Å². The van der Waals surface area contributed by atoms with Gasteiger partial charge in [-0.3, -0.25) is 4.79 Å². The zero-order chi connectivity index (χ0) is 15.9. The summed E-state index contributed by atoms with van der Waals surface area (Å²) in [4.78, 5) is 12.1. The van der Waals surface area contributed by atoms with Crippen molar-refractivity contribution in [3.63, 3.8) is 0 Å². The van der Waals surface area contributed by atoms with Gasteiger partial charge in [0.15, 0.2) is 0 Å². The van der Waals surface area contributed by atoms with E-state index in [1.165, 1.54) is 0 Å². The van der Waals surface area contributed by atoms with Gasteiger partial charge in [0.25, 0.3) is 5.91 Å². The van der Waals surface area contributed by atoms with Crippen LogP contribution in [0, 0.1) is 5.41 Å². The van der Waals surface area contributed by atoms with Crippen LogP contribution in [0.2, 0.25) is 0 Å². The molecule has 0 saturated carbocycles. The third-order valence-electron chi connectivity index (χ3n) is 3.31. The molecule has 0 fully saturated rings. The first-order valence-corrected chi connectivity index (χ1v) is 7.31. The highest BCUT2D eigenvalue weighted by Gasteiger charge is 2.19. The number of rotatable bonds is 8. The van der Waals surface area contributed by atoms with Gasteiger partial charge in [0.1, 0.15) is 5.75 Å². The largest absolute Gasteiger partial charge is 0.492 e. The van der Waals surface area contributed by atoms with Crippen LogP contribution in [0.25, 0.3) is 0 Å². The number of nitrogens with one attached hydrogen (secondary N) is 1. The Bertz CT molecular complexity index is 473. The van der Waals surface area contributed by atoms with E-state index in [0.717, 1.165) is 12.8 Å². The van der Waals surface area contributed by atoms with Crippen LogP contribution in [-0.2, 0) is 0 Å². The summed E-state index contributed by atoms with van der Waals surface area (Å²) in [5.74, 6) is 0.444. The van der Waals surface area contributed by atoms with E-state index in [9.17, 15) is 4.79 Å². The van der Waals surface area contributed by atoms with Crippen LogP contribution >= 0.6 is 0 Å². The molecule has 118 valence electrons. The summed E-state index contributed by atoms with van der Waals surface area (Å²) in [5, 5.41) is 11.8. The second-order valence-electron chi connectivity index (χ2n) is 5.86. The van der Waals surface area contributed by atoms with Crippen molar-refractivity contribution in [1.82, 2.24) is 5.32 Å². The van der Waals surface area contributed by atoms with Crippen molar-refractivity contribution in [2.45, 2.75) is 33.6 Å². The molecule has 5 heteroatoms. The highest BCUT2D eigenvalue weighted by molar-refractivity contribution is 5.95. The third-order valence-corrected chi connectivity index (χ3v) is 3.31. The van der Waals surface area contributed by atoms with E-state index in [-0.39, 0.29) is 17.9 Å². The molecule has 1 aromatic rings. The number of anilines is 1. The number of hydrogen-bond acceptors (Lipinski definition) is 4. The molecule has 0 aliphatic carbocycles. The van der Waals surface area contributed by atoms with E-state index in [4.69, 9.17) is 15.6 Å².